The zero-order valence-electron chi connectivity index (χ0n) is 10.1. The molecule has 0 aliphatic rings. The minimum absolute atomic E-state index is 0.169. The lowest BCUT2D eigenvalue weighted by Crippen LogP contribution is -2.19. The van der Waals surface area contributed by atoms with Crippen LogP contribution >= 0.6 is 23.8 Å². The molecule has 0 atom stereocenters. The number of carbonyl (C=O) groups excluding carboxylic acids is 1. The van der Waals surface area contributed by atoms with Gasteiger partial charge in [0.05, 0.1) is 22.3 Å². The highest BCUT2D eigenvalue weighted by molar-refractivity contribution is 7.80. The molecule has 0 fully saturated rings. The summed E-state index contributed by atoms with van der Waals surface area (Å²) in [6.45, 7) is 0. The fourth-order valence-corrected chi connectivity index (χ4v) is 1.96. The van der Waals surface area contributed by atoms with Crippen LogP contribution in [0.4, 0.5) is 5.82 Å². The van der Waals surface area contributed by atoms with Gasteiger partial charge in [0.25, 0.3) is 5.91 Å². The minimum atomic E-state index is -0.341. The molecule has 1 heterocycles. The van der Waals surface area contributed by atoms with Gasteiger partial charge in [0, 0.05) is 7.05 Å². The number of amides is 1. The van der Waals surface area contributed by atoms with E-state index in [1.165, 1.54) is 10.9 Å². The number of hydrogen-bond acceptors (Lipinski definition) is 3. The van der Waals surface area contributed by atoms with E-state index in [0.717, 1.165) is 0 Å². The van der Waals surface area contributed by atoms with E-state index in [9.17, 15) is 4.79 Å². The number of thiocarbonyl (C=S) groups is 1. The monoisotopic (exact) mass is 294 g/mol. The smallest absolute Gasteiger partial charge is 0.258 e. The van der Waals surface area contributed by atoms with Gasteiger partial charge in [0.2, 0.25) is 0 Å². The number of anilines is 1. The summed E-state index contributed by atoms with van der Waals surface area (Å²) in [5.74, 6) is 0.101. The van der Waals surface area contributed by atoms with Crippen LogP contribution in [0.1, 0.15) is 15.9 Å². The van der Waals surface area contributed by atoms with Crippen molar-refractivity contribution in [3.8, 4) is 0 Å². The van der Waals surface area contributed by atoms with Crippen LogP contribution < -0.4 is 11.1 Å². The number of nitrogens with one attached hydrogen (secondary N) is 1. The second kappa shape index (κ2) is 5.38. The van der Waals surface area contributed by atoms with Crippen molar-refractivity contribution >= 4 is 40.5 Å². The van der Waals surface area contributed by atoms with Crippen LogP contribution in [0.15, 0.2) is 30.5 Å². The Labute approximate surface area is 120 Å². The number of nitrogens with zero attached hydrogens (tertiary/aromatic N) is 2. The first-order valence-electron chi connectivity index (χ1n) is 5.38. The Hall–Kier alpha value is -1.92. The maximum absolute atomic E-state index is 12.1. The predicted molar refractivity (Wildman–Crippen MR) is 78.5 cm³/mol. The zero-order valence-corrected chi connectivity index (χ0v) is 11.6. The van der Waals surface area contributed by atoms with Crippen molar-refractivity contribution in [2.24, 2.45) is 12.8 Å². The molecule has 0 spiro atoms. The summed E-state index contributed by atoms with van der Waals surface area (Å²) in [6.07, 6.45) is 1.50. The van der Waals surface area contributed by atoms with Crippen molar-refractivity contribution in [2.75, 3.05) is 5.32 Å². The highest BCUT2D eigenvalue weighted by Gasteiger charge is 2.16. The predicted octanol–water partition coefficient (Wildman–Crippen LogP) is 1.96. The third-order valence-electron chi connectivity index (χ3n) is 2.55. The molecular weight excluding hydrogens is 284 g/mol. The number of benzene rings is 1. The molecule has 19 heavy (non-hydrogen) atoms. The lowest BCUT2D eigenvalue weighted by molar-refractivity contribution is 0.102. The molecule has 0 bridgehead atoms. The quantitative estimate of drug-likeness (QED) is 0.849. The minimum Gasteiger partial charge on any atom is -0.389 e. The number of hydrogen-bond donors (Lipinski definition) is 2. The first-order chi connectivity index (χ1) is 9.00. The van der Waals surface area contributed by atoms with Crippen LogP contribution in [0.3, 0.4) is 0 Å². The van der Waals surface area contributed by atoms with Crippen LogP contribution in [-0.2, 0) is 7.05 Å². The highest BCUT2D eigenvalue weighted by Crippen LogP contribution is 2.19. The Morgan fingerprint density at radius 1 is 1.42 bits per heavy atom. The molecule has 1 aromatic carbocycles. The SMILES string of the molecule is Cn1ncc(C(N)=S)c1NC(=O)c1ccccc1Cl. The Kier molecular flexibility index (Phi) is 3.82. The van der Waals surface area contributed by atoms with E-state index < -0.39 is 0 Å². The van der Waals surface area contributed by atoms with Crippen molar-refractivity contribution in [1.82, 2.24) is 9.78 Å². The summed E-state index contributed by atoms with van der Waals surface area (Å²) in [5, 5.41) is 7.09. The standard InChI is InChI=1S/C12H11ClN4OS/c1-17-11(8(6-15-17)10(14)19)16-12(18)7-4-2-3-5-9(7)13/h2-6H,1H3,(H2,14,19)(H,16,18). The van der Waals surface area contributed by atoms with Crippen molar-refractivity contribution in [3.63, 3.8) is 0 Å². The average molecular weight is 295 g/mol. The number of rotatable bonds is 3. The Balaban J connectivity index is 2.32. The van der Waals surface area contributed by atoms with Gasteiger partial charge < -0.3 is 11.1 Å². The Bertz CT molecular complexity index is 653. The van der Waals surface area contributed by atoms with Crippen LogP contribution in [0.2, 0.25) is 5.02 Å². The van der Waals surface area contributed by atoms with Gasteiger partial charge in [-0.1, -0.05) is 36.0 Å². The first-order valence-corrected chi connectivity index (χ1v) is 6.17. The molecule has 0 saturated heterocycles. The maximum atomic E-state index is 12.1. The van der Waals surface area contributed by atoms with Gasteiger partial charge in [0.1, 0.15) is 10.8 Å². The van der Waals surface area contributed by atoms with Gasteiger partial charge in [-0.2, -0.15) is 5.10 Å². The topological polar surface area (TPSA) is 72.9 Å². The second-order valence-corrected chi connectivity index (χ2v) is 4.68. The van der Waals surface area contributed by atoms with Gasteiger partial charge in [0.15, 0.2) is 0 Å². The summed E-state index contributed by atoms with van der Waals surface area (Å²) in [7, 11) is 1.68. The Morgan fingerprint density at radius 3 is 2.74 bits per heavy atom. The molecular formula is C12H11ClN4OS. The average Bonchev–Trinajstić information content (AvgIpc) is 2.71. The number of halogens is 1. The zero-order chi connectivity index (χ0) is 14.0. The first kappa shape index (κ1) is 13.5. The molecule has 0 saturated carbocycles. The van der Waals surface area contributed by atoms with E-state index in [2.05, 4.69) is 10.4 Å². The number of aromatic nitrogens is 2. The molecule has 0 aliphatic carbocycles. The molecule has 5 nitrogen and oxygen atoms in total. The number of nitrogens with two attached hydrogens (primary N) is 1. The van der Waals surface area contributed by atoms with Crippen molar-refractivity contribution < 1.29 is 4.79 Å². The van der Waals surface area contributed by atoms with E-state index in [1.54, 1.807) is 31.3 Å². The molecule has 2 aromatic rings. The molecule has 0 radical (unpaired) electrons. The number of aryl methyl sites for hydroxylation is 1. The molecule has 1 aromatic heterocycles. The van der Waals surface area contributed by atoms with Gasteiger partial charge >= 0.3 is 0 Å². The summed E-state index contributed by atoms with van der Waals surface area (Å²) < 4.78 is 1.49. The second-order valence-electron chi connectivity index (χ2n) is 3.83. The highest BCUT2D eigenvalue weighted by atomic mass is 35.5. The number of carbonyl (C=O) groups is 1. The summed E-state index contributed by atoms with van der Waals surface area (Å²) >= 11 is 10.9. The van der Waals surface area contributed by atoms with Gasteiger partial charge in [-0.3, -0.25) is 9.48 Å². The maximum Gasteiger partial charge on any atom is 0.258 e. The molecule has 98 valence electrons. The van der Waals surface area contributed by atoms with E-state index in [-0.39, 0.29) is 10.9 Å². The van der Waals surface area contributed by atoms with Gasteiger partial charge in [-0.15, -0.1) is 0 Å². The van der Waals surface area contributed by atoms with Gasteiger partial charge in [-0.05, 0) is 12.1 Å². The molecule has 3 N–H and O–H groups in total. The summed E-state index contributed by atoms with van der Waals surface area (Å²) in [5.41, 5.74) is 6.46. The lowest BCUT2D eigenvalue weighted by Gasteiger charge is -2.08. The van der Waals surface area contributed by atoms with E-state index in [0.29, 0.717) is 22.0 Å². The molecule has 2 rings (SSSR count). The fraction of sp³-hybridized carbons (Fsp3) is 0.0833. The van der Waals surface area contributed by atoms with E-state index in [4.69, 9.17) is 29.6 Å². The lowest BCUT2D eigenvalue weighted by atomic mass is 10.2. The third-order valence-corrected chi connectivity index (χ3v) is 3.10. The van der Waals surface area contributed by atoms with Crippen LogP contribution in [-0.4, -0.2) is 20.7 Å². The summed E-state index contributed by atoms with van der Waals surface area (Å²) in [4.78, 5) is 12.3. The molecule has 0 aliphatic heterocycles. The molecule has 7 heteroatoms. The Morgan fingerprint density at radius 2 is 2.11 bits per heavy atom. The van der Waals surface area contributed by atoms with Gasteiger partial charge in [-0.25, -0.2) is 0 Å². The van der Waals surface area contributed by atoms with Crippen molar-refractivity contribution in [2.45, 2.75) is 0 Å². The van der Waals surface area contributed by atoms with Crippen molar-refractivity contribution in [1.29, 1.82) is 0 Å². The van der Waals surface area contributed by atoms with E-state index in [1.807, 2.05) is 0 Å². The van der Waals surface area contributed by atoms with Crippen LogP contribution in [0.5, 0.6) is 0 Å². The molecule has 0 unspecified atom stereocenters. The summed E-state index contributed by atoms with van der Waals surface area (Å²) in [6, 6.07) is 6.77. The largest absolute Gasteiger partial charge is 0.389 e. The third kappa shape index (κ3) is 2.74. The van der Waals surface area contributed by atoms with Crippen LogP contribution in [0, 0.1) is 0 Å². The molecule has 1 amide bonds. The fourth-order valence-electron chi connectivity index (χ4n) is 1.59. The van der Waals surface area contributed by atoms with Crippen molar-refractivity contribution in [3.05, 3.63) is 46.6 Å². The normalized spacial score (nSPS) is 10.2. The van der Waals surface area contributed by atoms with E-state index >= 15 is 0 Å². The van der Waals surface area contributed by atoms with Crippen LogP contribution in [0.25, 0.3) is 0 Å².